The van der Waals surface area contributed by atoms with Crippen LogP contribution in [0.2, 0.25) is 0 Å². The van der Waals surface area contributed by atoms with Crippen LogP contribution in [0.5, 0.6) is 0 Å². The highest BCUT2D eigenvalue weighted by molar-refractivity contribution is 5.85. The van der Waals surface area contributed by atoms with Gasteiger partial charge in [0, 0.05) is 19.0 Å². The summed E-state index contributed by atoms with van der Waals surface area (Å²) >= 11 is 0. The summed E-state index contributed by atoms with van der Waals surface area (Å²) in [4.78, 5) is 11.6. The molecule has 1 atom stereocenters. The molecule has 0 aromatic heterocycles. The molecule has 0 aromatic rings. The van der Waals surface area contributed by atoms with Crippen molar-refractivity contribution < 1.29 is 4.79 Å². The lowest BCUT2D eigenvalue weighted by atomic mass is 10.0. The molecule has 0 aliphatic heterocycles. The molecule has 4 heteroatoms. The first-order valence-electron chi connectivity index (χ1n) is 7.28. The molecule has 0 heterocycles. The van der Waals surface area contributed by atoms with Gasteiger partial charge in [-0.15, -0.1) is 12.4 Å². The molecule has 0 radical (unpaired) electrons. The van der Waals surface area contributed by atoms with Gasteiger partial charge in [-0.3, -0.25) is 4.79 Å². The van der Waals surface area contributed by atoms with E-state index in [1.54, 1.807) is 0 Å². The fraction of sp³-hybridized carbons (Fsp3) is 0.929. The Kier molecular flexibility index (Phi) is 7.02. The van der Waals surface area contributed by atoms with Crippen LogP contribution in [0, 0.1) is 11.8 Å². The Hall–Kier alpha value is -0.280. The normalized spacial score (nSPS) is 21.4. The maximum absolute atomic E-state index is 11.6. The van der Waals surface area contributed by atoms with E-state index in [0.717, 1.165) is 12.3 Å². The summed E-state index contributed by atoms with van der Waals surface area (Å²) in [5.41, 5.74) is 5.94. The van der Waals surface area contributed by atoms with E-state index < -0.39 is 0 Å². The van der Waals surface area contributed by atoms with Crippen molar-refractivity contribution >= 4 is 18.3 Å². The Morgan fingerprint density at radius 3 is 2.50 bits per heavy atom. The predicted octanol–water partition coefficient (Wildman–Crippen LogP) is 2.62. The Balaban J connectivity index is 0.00000162. The molecule has 2 aliphatic rings. The zero-order chi connectivity index (χ0) is 12.1. The second-order valence-electron chi connectivity index (χ2n) is 5.85. The summed E-state index contributed by atoms with van der Waals surface area (Å²) in [6.07, 6.45) is 11.0. The summed E-state index contributed by atoms with van der Waals surface area (Å²) in [5.74, 6) is 1.77. The summed E-state index contributed by atoms with van der Waals surface area (Å²) in [6.45, 7) is 0.674. The lowest BCUT2D eigenvalue weighted by Gasteiger charge is -2.12. The van der Waals surface area contributed by atoms with Gasteiger partial charge < -0.3 is 11.1 Å². The fourth-order valence-electron chi connectivity index (χ4n) is 2.86. The summed E-state index contributed by atoms with van der Waals surface area (Å²) in [6, 6.07) is 0.189. The van der Waals surface area contributed by atoms with E-state index in [9.17, 15) is 4.79 Å². The number of hydrogen-bond acceptors (Lipinski definition) is 2. The smallest absolute Gasteiger partial charge is 0.220 e. The van der Waals surface area contributed by atoms with Gasteiger partial charge in [0.15, 0.2) is 0 Å². The number of nitrogens with one attached hydrogen (secondary N) is 1. The highest BCUT2D eigenvalue weighted by Crippen LogP contribution is 2.31. The van der Waals surface area contributed by atoms with Crippen LogP contribution >= 0.6 is 12.4 Å². The van der Waals surface area contributed by atoms with Gasteiger partial charge in [-0.1, -0.05) is 25.7 Å². The topological polar surface area (TPSA) is 55.1 Å². The molecule has 1 unspecified atom stereocenters. The number of amides is 1. The van der Waals surface area contributed by atoms with Crippen LogP contribution in [-0.4, -0.2) is 18.5 Å². The quantitative estimate of drug-likeness (QED) is 0.750. The average Bonchev–Trinajstić information content (AvgIpc) is 3.05. The Bertz CT molecular complexity index is 250. The maximum atomic E-state index is 11.6. The number of carbonyl (C=O) groups excluding carboxylic acids is 1. The van der Waals surface area contributed by atoms with Crippen molar-refractivity contribution in [3.8, 4) is 0 Å². The molecule has 2 saturated carbocycles. The van der Waals surface area contributed by atoms with E-state index in [2.05, 4.69) is 5.32 Å². The molecule has 18 heavy (non-hydrogen) atoms. The van der Waals surface area contributed by atoms with Crippen molar-refractivity contribution in [2.45, 2.75) is 63.8 Å². The molecule has 0 aromatic carbocycles. The van der Waals surface area contributed by atoms with E-state index in [0.29, 0.717) is 18.9 Å². The molecular weight excluding hydrogens is 248 g/mol. The van der Waals surface area contributed by atoms with Gasteiger partial charge in [-0.2, -0.15) is 0 Å². The number of rotatable bonds is 7. The van der Waals surface area contributed by atoms with Crippen LogP contribution in [0.1, 0.15) is 57.8 Å². The highest BCUT2D eigenvalue weighted by atomic mass is 35.5. The summed E-state index contributed by atoms with van der Waals surface area (Å²) in [7, 11) is 0. The maximum Gasteiger partial charge on any atom is 0.220 e. The highest BCUT2D eigenvalue weighted by Gasteiger charge is 2.28. The minimum atomic E-state index is 0. The predicted molar refractivity (Wildman–Crippen MR) is 76.8 cm³/mol. The molecule has 106 valence electrons. The molecule has 0 spiro atoms. The van der Waals surface area contributed by atoms with Crippen molar-refractivity contribution in [3.63, 3.8) is 0 Å². The SMILES string of the molecule is Cl.NC(CNC(=O)CCCC1CCCC1)C1CC1. The lowest BCUT2D eigenvalue weighted by molar-refractivity contribution is -0.121. The Morgan fingerprint density at radius 1 is 1.22 bits per heavy atom. The van der Waals surface area contributed by atoms with E-state index in [1.165, 1.54) is 44.9 Å². The summed E-state index contributed by atoms with van der Waals surface area (Å²) in [5, 5.41) is 2.97. The van der Waals surface area contributed by atoms with Crippen molar-refractivity contribution in [1.82, 2.24) is 5.32 Å². The lowest BCUT2D eigenvalue weighted by Crippen LogP contribution is -2.38. The van der Waals surface area contributed by atoms with E-state index in [1.807, 2.05) is 0 Å². The zero-order valence-electron chi connectivity index (χ0n) is 11.2. The molecule has 0 bridgehead atoms. The molecule has 2 fully saturated rings. The first kappa shape index (κ1) is 15.8. The molecular formula is C14H27ClN2O. The van der Waals surface area contributed by atoms with E-state index >= 15 is 0 Å². The zero-order valence-corrected chi connectivity index (χ0v) is 12.0. The number of halogens is 1. The molecule has 1 amide bonds. The standard InChI is InChI=1S/C14H26N2O.ClH/c15-13(12-8-9-12)10-16-14(17)7-3-6-11-4-1-2-5-11;/h11-13H,1-10,15H2,(H,16,17);1H. The van der Waals surface area contributed by atoms with Gasteiger partial charge in [0.2, 0.25) is 5.91 Å². The van der Waals surface area contributed by atoms with Crippen LogP contribution in [0.15, 0.2) is 0 Å². The number of hydrogen-bond donors (Lipinski definition) is 2. The van der Waals surface area contributed by atoms with Gasteiger partial charge in [0.25, 0.3) is 0 Å². The molecule has 3 nitrogen and oxygen atoms in total. The third-order valence-electron chi connectivity index (χ3n) is 4.25. The molecule has 2 aliphatic carbocycles. The second-order valence-corrected chi connectivity index (χ2v) is 5.85. The van der Waals surface area contributed by atoms with E-state index in [4.69, 9.17) is 5.73 Å². The van der Waals surface area contributed by atoms with Gasteiger partial charge in [0.05, 0.1) is 0 Å². The fourth-order valence-corrected chi connectivity index (χ4v) is 2.86. The van der Waals surface area contributed by atoms with Crippen molar-refractivity contribution in [1.29, 1.82) is 0 Å². The van der Waals surface area contributed by atoms with Crippen molar-refractivity contribution in [2.75, 3.05) is 6.54 Å². The molecule has 0 saturated heterocycles. The third-order valence-corrected chi connectivity index (χ3v) is 4.25. The van der Waals surface area contributed by atoms with Gasteiger partial charge in [-0.05, 0) is 37.5 Å². The van der Waals surface area contributed by atoms with Gasteiger partial charge in [-0.25, -0.2) is 0 Å². The van der Waals surface area contributed by atoms with Crippen molar-refractivity contribution in [3.05, 3.63) is 0 Å². The minimum absolute atomic E-state index is 0. The number of nitrogens with two attached hydrogens (primary N) is 1. The van der Waals surface area contributed by atoms with Gasteiger partial charge >= 0.3 is 0 Å². The molecule has 3 N–H and O–H groups in total. The van der Waals surface area contributed by atoms with Crippen LogP contribution in [0.25, 0.3) is 0 Å². The van der Waals surface area contributed by atoms with Crippen molar-refractivity contribution in [2.24, 2.45) is 17.6 Å². The largest absolute Gasteiger partial charge is 0.355 e. The summed E-state index contributed by atoms with van der Waals surface area (Å²) < 4.78 is 0. The van der Waals surface area contributed by atoms with E-state index in [-0.39, 0.29) is 24.4 Å². The Morgan fingerprint density at radius 2 is 1.89 bits per heavy atom. The first-order chi connectivity index (χ1) is 8.25. The van der Waals surface area contributed by atoms with Crippen LogP contribution < -0.4 is 11.1 Å². The Labute approximate surface area is 117 Å². The number of carbonyl (C=O) groups is 1. The molecule has 2 rings (SSSR count). The second kappa shape index (κ2) is 8.00. The monoisotopic (exact) mass is 274 g/mol. The first-order valence-corrected chi connectivity index (χ1v) is 7.28. The minimum Gasteiger partial charge on any atom is -0.355 e. The van der Waals surface area contributed by atoms with Crippen LogP contribution in [0.3, 0.4) is 0 Å². The van der Waals surface area contributed by atoms with Gasteiger partial charge in [0.1, 0.15) is 0 Å². The van der Waals surface area contributed by atoms with Crippen LogP contribution in [-0.2, 0) is 4.79 Å². The third kappa shape index (κ3) is 5.57. The van der Waals surface area contributed by atoms with Crippen LogP contribution in [0.4, 0.5) is 0 Å². The average molecular weight is 275 g/mol.